The van der Waals surface area contributed by atoms with Crippen molar-refractivity contribution in [3.8, 4) is 0 Å². The summed E-state index contributed by atoms with van der Waals surface area (Å²) in [5.74, 6) is 1.05. The van der Waals surface area contributed by atoms with Crippen molar-refractivity contribution >= 4 is 46.3 Å². The second-order valence-corrected chi connectivity index (χ2v) is 8.37. The Morgan fingerprint density at radius 2 is 2.00 bits per heavy atom. The monoisotopic (exact) mass is 414 g/mol. The minimum Gasteiger partial charge on any atom is -0.352 e. The zero-order valence-electron chi connectivity index (χ0n) is 15.7. The van der Waals surface area contributed by atoms with Crippen molar-refractivity contribution < 1.29 is 4.79 Å². The number of carbonyl (C=O) groups is 1. The predicted octanol–water partition coefficient (Wildman–Crippen LogP) is 4.47. The van der Waals surface area contributed by atoms with Gasteiger partial charge in [0.1, 0.15) is 0 Å². The van der Waals surface area contributed by atoms with Crippen molar-refractivity contribution in [2.24, 2.45) is 5.92 Å². The third-order valence-electron chi connectivity index (χ3n) is 5.22. The van der Waals surface area contributed by atoms with Gasteiger partial charge in [-0.15, -0.1) is 11.8 Å². The number of fused-ring (bicyclic) bond motifs is 1. The van der Waals surface area contributed by atoms with E-state index in [1.807, 2.05) is 18.2 Å². The number of benzene rings is 2. The molecule has 146 valence electrons. The van der Waals surface area contributed by atoms with Gasteiger partial charge in [-0.05, 0) is 55.0 Å². The summed E-state index contributed by atoms with van der Waals surface area (Å²) in [6.07, 6.45) is 3.72. The van der Waals surface area contributed by atoms with Crippen LogP contribution in [0.3, 0.4) is 0 Å². The highest BCUT2D eigenvalue weighted by Gasteiger charge is 2.26. The van der Waals surface area contributed by atoms with Crippen molar-refractivity contribution in [3.05, 3.63) is 53.1 Å². The van der Waals surface area contributed by atoms with E-state index < -0.39 is 0 Å². The summed E-state index contributed by atoms with van der Waals surface area (Å²) in [7, 11) is 0. The number of H-pyrrole nitrogens is 1. The second kappa shape index (κ2) is 8.45. The Morgan fingerprint density at radius 3 is 2.71 bits per heavy atom. The van der Waals surface area contributed by atoms with E-state index in [2.05, 4.69) is 50.7 Å². The molecule has 2 N–H and O–H groups in total. The molecule has 5 nitrogen and oxygen atoms in total. The molecule has 28 heavy (non-hydrogen) atoms. The molecule has 1 aliphatic heterocycles. The summed E-state index contributed by atoms with van der Waals surface area (Å²) in [6.45, 7) is 2.21. The number of amides is 1. The number of piperidine rings is 1. The van der Waals surface area contributed by atoms with E-state index >= 15 is 0 Å². The maximum absolute atomic E-state index is 12.5. The van der Waals surface area contributed by atoms with Gasteiger partial charge in [-0.3, -0.25) is 4.79 Å². The number of aromatic amines is 1. The van der Waals surface area contributed by atoms with Crippen molar-refractivity contribution in [1.29, 1.82) is 0 Å². The molecule has 0 unspecified atom stereocenters. The fraction of sp³-hybridized carbons (Fsp3) is 0.333. The first-order chi connectivity index (χ1) is 13.6. The van der Waals surface area contributed by atoms with Gasteiger partial charge in [0.25, 0.3) is 0 Å². The van der Waals surface area contributed by atoms with Crippen LogP contribution in [0.4, 0.5) is 5.95 Å². The Kier molecular flexibility index (Phi) is 5.78. The lowest BCUT2D eigenvalue weighted by Gasteiger charge is -2.31. The van der Waals surface area contributed by atoms with Crippen LogP contribution in [0, 0.1) is 5.92 Å². The van der Waals surface area contributed by atoms with Crippen LogP contribution < -0.4 is 10.2 Å². The average Bonchev–Trinajstić information content (AvgIpc) is 3.15. The predicted molar refractivity (Wildman–Crippen MR) is 116 cm³/mol. The second-order valence-electron chi connectivity index (χ2n) is 7.05. The highest BCUT2D eigenvalue weighted by Crippen LogP contribution is 2.25. The summed E-state index contributed by atoms with van der Waals surface area (Å²) in [6, 6.07) is 14.0. The largest absolute Gasteiger partial charge is 0.352 e. The molecule has 3 aromatic rings. The third kappa shape index (κ3) is 4.28. The van der Waals surface area contributed by atoms with Crippen LogP contribution in [0.5, 0.6) is 0 Å². The normalized spacial score (nSPS) is 15.1. The molecule has 1 fully saturated rings. The number of rotatable bonds is 5. The van der Waals surface area contributed by atoms with Gasteiger partial charge in [-0.1, -0.05) is 23.7 Å². The van der Waals surface area contributed by atoms with Gasteiger partial charge in [0.2, 0.25) is 11.9 Å². The van der Waals surface area contributed by atoms with E-state index in [1.54, 1.807) is 11.8 Å². The lowest BCUT2D eigenvalue weighted by molar-refractivity contribution is -0.125. The van der Waals surface area contributed by atoms with Crippen LogP contribution in [0.1, 0.15) is 18.4 Å². The highest BCUT2D eigenvalue weighted by atomic mass is 35.5. The lowest BCUT2D eigenvalue weighted by atomic mass is 9.96. The zero-order valence-corrected chi connectivity index (χ0v) is 17.3. The van der Waals surface area contributed by atoms with E-state index in [-0.39, 0.29) is 11.8 Å². The van der Waals surface area contributed by atoms with Gasteiger partial charge in [-0.25, -0.2) is 4.98 Å². The Hall–Kier alpha value is -2.18. The number of thioether (sulfide) groups is 1. The number of imidazole rings is 1. The minimum atomic E-state index is 0.0561. The van der Waals surface area contributed by atoms with Crippen molar-refractivity contribution in [2.45, 2.75) is 24.3 Å². The summed E-state index contributed by atoms with van der Waals surface area (Å²) in [5.41, 5.74) is 2.98. The van der Waals surface area contributed by atoms with E-state index in [1.165, 1.54) is 4.90 Å². The molecule has 2 aromatic carbocycles. The van der Waals surface area contributed by atoms with Crippen LogP contribution in [0.15, 0.2) is 47.4 Å². The molecule has 4 rings (SSSR count). The molecule has 1 amide bonds. The molecule has 0 aliphatic carbocycles. The Balaban J connectivity index is 1.30. The maximum atomic E-state index is 12.5. The van der Waals surface area contributed by atoms with E-state index in [9.17, 15) is 4.79 Å². The molecule has 7 heteroatoms. The number of halogens is 1. The highest BCUT2D eigenvalue weighted by molar-refractivity contribution is 7.98. The van der Waals surface area contributed by atoms with Crippen LogP contribution in [0.25, 0.3) is 11.0 Å². The summed E-state index contributed by atoms with van der Waals surface area (Å²) < 4.78 is 0. The number of nitrogens with one attached hydrogen (secondary N) is 2. The Labute approximate surface area is 173 Å². The van der Waals surface area contributed by atoms with Crippen molar-refractivity contribution in [3.63, 3.8) is 0 Å². The number of nitrogens with zero attached hydrogens (tertiary/aromatic N) is 2. The first kappa shape index (κ1) is 19.2. The van der Waals surface area contributed by atoms with E-state index in [0.29, 0.717) is 11.6 Å². The lowest BCUT2D eigenvalue weighted by Crippen LogP contribution is -2.40. The zero-order chi connectivity index (χ0) is 19.5. The summed E-state index contributed by atoms with van der Waals surface area (Å²) >= 11 is 7.77. The number of anilines is 1. The van der Waals surface area contributed by atoms with Gasteiger partial charge < -0.3 is 15.2 Å². The number of aromatic nitrogens is 2. The first-order valence-electron chi connectivity index (χ1n) is 9.43. The van der Waals surface area contributed by atoms with Crippen molar-refractivity contribution in [1.82, 2.24) is 15.3 Å². The molecule has 0 radical (unpaired) electrons. The van der Waals surface area contributed by atoms with Crippen LogP contribution >= 0.6 is 23.4 Å². The van der Waals surface area contributed by atoms with Gasteiger partial charge in [0.05, 0.1) is 11.0 Å². The molecule has 1 aromatic heterocycles. The van der Waals surface area contributed by atoms with Crippen LogP contribution in [-0.4, -0.2) is 35.2 Å². The number of carbonyl (C=O) groups excluding carboxylic acids is 1. The van der Waals surface area contributed by atoms with Crippen LogP contribution in [-0.2, 0) is 11.3 Å². The topological polar surface area (TPSA) is 61.0 Å². The molecule has 0 atom stereocenters. The molecule has 0 bridgehead atoms. The standard InChI is InChI=1S/C21H23ClN4OS/c1-28-17-5-2-14(3-6-17)13-23-20(27)15-8-10-26(11-9-15)21-24-18-7-4-16(22)12-19(18)25-21/h2-7,12,15H,8-11,13H2,1H3,(H,23,27)(H,24,25). The molecule has 0 spiro atoms. The fourth-order valence-corrected chi connectivity index (χ4v) is 4.13. The molecular weight excluding hydrogens is 392 g/mol. The average molecular weight is 415 g/mol. The summed E-state index contributed by atoms with van der Waals surface area (Å²) in [4.78, 5) is 24.0. The SMILES string of the molecule is CSc1ccc(CNC(=O)C2CCN(c3nc4ccc(Cl)cc4[nH]3)CC2)cc1. The van der Waals surface area contributed by atoms with E-state index in [0.717, 1.165) is 48.5 Å². The molecular formula is C21H23ClN4OS. The first-order valence-corrected chi connectivity index (χ1v) is 11.0. The Morgan fingerprint density at radius 1 is 1.25 bits per heavy atom. The van der Waals surface area contributed by atoms with Crippen molar-refractivity contribution in [2.75, 3.05) is 24.2 Å². The third-order valence-corrected chi connectivity index (χ3v) is 6.20. The quantitative estimate of drug-likeness (QED) is 0.604. The molecule has 1 aliphatic rings. The molecule has 2 heterocycles. The number of hydrogen-bond donors (Lipinski definition) is 2. The molecule has 0 saturated carbocycles. The van der Waals surface area contributed by atoms with Crippen LogP contribution in [0.2, 0.25) is 5.02 Å². The number of hydrogen-bond acceptors (Lipinski definition) is 4. The molecule has 1 saturated heterocycles. The minimum absolute atomic E-state index is 0.0561. The van der Waals surface area contributed by atoms with Gasteiger partial charge in [-0.2, -0.15) is 0 Å². The Bertz CT molecular complexity index is 964. The maximum Gasteiger partial charge on any atom is 0.223 e. The van der Waals surface area contributed by atoms with E-state index in [4.69, 9.17) is 11.6 Å². The van der Waals surface area contributed by atoms with Gasteiger partial charge in [0, 0.05) is 35.5 Å². The van der Waals surface area contributed by atoms with Gasteiger partial charge in [0.15, 0.2) is 0 Å². The fourth-order valence-electron chi connectivity index (χ4n) is 3.55. The smallest absolute Gasteiger partial charge is 0.223 e. The van der Waals surface area contributed by atoms with Gasteiger partial charge >= 0.3 is 0 Å². The summed E-state index contributed by atoms with van der Waals surface area (Å²) in [5, 5.41) is 3.78.